The van der Waals surface area contributed by atoms with Crippen LogP contribution < -0.4 is 5.32 Å². The summed E-state index contributed by atoms with van der Waals surface area (Å²) in [4.78, 5) is 0. The number of nitrogens with one attached hydrogen (secondary N) is 1. The third-order valence-electron chi connectivity index (χ3n) is 2.41. The third-order valence-corrected chi connectivity index (χ3v) is 3.46. The fourth-order valence-electron chi connectivity index (χ4n) is 1.47. The van der Waals surface area contributed by atoms with Crippen LogP contribution in [0.25, 0.3) is 0 Å². The van der Waals surface area contributed by atoms with Gasteiger partial charge in [0.1, 0.15) is 0 Å². The Kier molecular flexibility index (Phi) is 8.84. The van der Waals surface area contributed by atoms with Gasteiger partial charge in [-0.3, -0.25) is 0 Å². The number of benzene rings is 1. The van der Waals surface area contributed by atoms with Crippen molar-refractivity contribution >= 4 is 44.8 Å². The molecule has 0 heterocycles. The number of hydrogen-bond acceptors (Lipinski definition) is 4. The molecule has 1 aromatic carbocycles. The average Bonchev–Trinajstić information content (AvgIpc) is 2.37. The first kappa shape index (κ1) is 18.0. The van der Waals surface area contributed by atoms with Crippen LogP contribution in [0.15, 0.2) is 16.6 Å². The number of anilines is 1. The van der Waals surface area contributed by atoms with E-state index >= 15 is 0 Å². The zero-order chi connectivity index (χ0) is 15.0. The second kappa shape index (κ2) is 9.82. The molecular weight excluding hydrogens is 369 g/mol. The summed E-state index contributed by atoms with van der Waals surface area (Å²) in [7, 11) is 0. The van der Waals surface area contributed by atoms with Crippen LogP contribution in [0.5, 0.6) is 0 Å². The van der Waals surface area contributed by atoms with Gasteiger partial charge in [-0.1, -0.05) is 39.1 Å². The summed E-state index contributed by atoms with van der Waals surface area (Å²) in [5, 5.41) is 13.8. The molecule has 20 heavy (non-hydrogen) atoms. The van der Waals surface area contributed by atoms with Crippen molar-refractivity contribution in [3.05, 3.63) is 26.7 Å². The molecule has 0 aromatic heterocycles. The summed E-state index contributed by atoms with van der Waals surface area (Å²) in [6, 6.07) is 3.47. The summed E-state index contributed by atoms with van der Waals surface area (Å²) >= 11 is 15.5. The maximum atomic E-state index is 9.78. The maximum absolute atomic E-state index is 9.78. The SMILES string of the molecule is CCOCCOCC(O)CNc1c(Cl)cc(Br)cc1Cl. The van der Waals surface area contributed by atoms with Crippen LogP contribution in [-0.4, -0.2) is 44.2 Å². The highest BCUT2D eigenvalue weighted by Crippen LogP contribution is 2.33. The van der Waals surface area contributed by atoms with Crippen molar-refractivity contribution in [1.82, 2.24) is 0 Å². The highest BCUT2D eigenvalue weighted by Gasteiger charge is 2.10. The highest BCUT2D eigenvalue weighted by molar-refractivity contribution is 9.10. The van der Waals surface area contributed by atoms with Gasteiger partial charge < -0.3 is 19.9 Å². The van der Waals surface area contributed by atoms with Crippen molar-refractivity contribution in [2.24, 2.45) is 0 Å². The van der Waals surface area contributed by atoms with Gasteiger partial charge in [0.2, 0.25) is 0 Å². The molecule has 4 nitrogen and oxygen atoms in total. The van der Waals surface area contributed by atoms with Crippen molar-refractivity contribution in [2.45, 2.75) is 13.0 Å². The molecule has 0 amide bonds. The Morgan fingerprint density at radius 2 is 1.85 bits per heavy atom. The van der Waals surface area contributed by atoms with Gasteiger partial charge in [-0.2, -0.15) is 0 Å². The molecular formula is C13H18BrCl2NO3. The lowest BCUT2D eigenvalue weighted by Crippen LogP contribution is -2.25. The maximum Gasteiger partial charge on any atom is 0.0945 e. The van der Waals surface area contributed by atoms with E-state index in [2.05, 4.69) is 21.2 Å². The molecule has 0 bridgehead atoms. The molecule has 0 fully saturated rings. The van der Waals surface area contributed by atoms with E-state index in [1.54, 1.807) is 12.1 Å². The van der Waals surface area contributed by atoms with E-state index in [-0.39, 0.29) is 6.61 Å². The lowest BCUT2D eigenvalue weighted by molar-refractivity contribution is 0.0103. The normalized spacial score (nSPS) is 12.4. The van der Waals surface area contributed by atoms with Gasteiger partial charge >= 0.3 is 0 Å². The average molecular weight is 387 g/mol. The minimum absolute atomic E-state index is 0.228. The molecule has 1 rings (SSSR count). The van der Waals surface area contributed by atoms with Crippen LogP contribution in [0.4, 0.5) is 5.69 Å². The first-order valence-corrected chi connectivity index (χ1v) is 7.81. The Labute approximate surface area is 137 Å². The Hall–Kier alpha value is -0.0400. The molecule has 0 aliphatic rings. The summed E-state index contributed by atoms with van der Waals surface area (Å²) in [5.41, 5.74) is 0.602. The standard InChI is InChI=1S/C13H18BrCl2NO3/c1-2-19-3-4-20-8-10(18)7-17-13-11(15)5-9(14)6-12(13)16/h5-6,10,17-18H,2-4,7-8H2,1H3. The Bertz CT molecular complexity index is 398. The molecule has 114 valence electrons. The van der Waals surface area contributed by atoms with Gasteiger partial charge in [-0.25, -0.2) is 0 Å². The van der Waals surface area contributed by atoms with Gasteiger partial charge in [0.05, 0.1) is 41.7 Å². The topological polar surface area (TPSA) is 50.7 Å². The number of aliphatic hydroxyl groups is 1. The Morgan fingerprint density at radius 1 is 1.25 bits per heavy atom. The number of halogens is 3. The number of hydrogen-bond donors (Lipinski definition) is 2. The second-order valence-corrected chi connectivity index (χ2v) is 5.78. The quantitative estimate of drug-likeness (QED) is 0.637. The minimum Gasteiger partial charge on any atom is -0.389 e. The summed E-state index contributed by atoms with van der Waals surface area (Å²) in [5.74, 6) is 0. The van der Waals surface area contributed by atoms with Crippen LogP contribution >= 0.6 is 39.1 Å². The van der Waals surface area contributed by atoms with Crippen molar-refractivity contribution in [1.29, 1.82) is 0 Å². The van der Waals surface area contributed by atoms with E-state index in [0.29, 0.717) is 42.1 Å². The van der Waals surface area contributed by atoms with E-state index < -0.39 is 6.10 Å². The van der Waals surface area contributed by atoms with Crippen molar-refractivity contribution in [2.75, 3.05) is 38.3 Å². The number of aliphatic hydroxyl groups excluding tert-OH is 1. The molecule has 1 unspecified atom stereocenters. The molecule has 0 saturated carbocycles. The lowest BCUT2D eigenvalue weighted by atomic mass is 10.3. The van der Waals surface area contributed by atoms with E-state index in [1.165, 1.54) is 0 Å². The first-order chi connectivity index (χ1) is 9.54. The zero-order valence-electron chi connectivity index (χ0n) is 11.2. The number of rotatable bonds is 9. The van der Waals surface area contributed by atoms with E-state index in [4.69, 9.17) is 32.7 Å². The van der Waals surface area contributed by atoms with Crippen LogP contribution in [0.1, 0.15) is 6.92 Å². The predicted molar refractivity (Wildman–Crippen MR) is 86.0 cm³/mol. The van der Waals surface area contributed by atoms with Gasteiger partial charge in [0.15, 0.2) is 0 Å². The largest absolute Gasteiger partial charge is 0.389 e. The predicted octanol–water partition coefficient (Wildman–Crippen LogP) is 3.58. The molecule has 0 spiro atoms. The molecule has 7 heteroatoms. The molecule has 0 radical (unpaired) electrons. The second-order valence-electron chi connectivity index (χ2n) is 4.05. The molecule has 0 aliphatic heterocycles. The highest BCUT2D eigenvalue weighted by atomic mass is 79.9. The van der Waals surface area contributed by atoms with Gasteiger partial charge in [0.25, 0.3) is 0 Å². The number of ether oxygens (including phenoxy) is 2. The molecule has 1 atom stereocenters. The molecule has 2 N–H and O–H groups in total. The smallest absolute Gasteiger partial charge is 0.0945 e. The van der Waals surface area contributed by atoms with Crippen LogP contribution in [0.2, 0.25) is 10.0 Å². The van der Waals surface area contributed by atoms with E-state index in [0.717, 1.165) is 4.47 Å². The van der Waals surface area contributed by atoms with Crippen LogP contribution in [-0.2, 0) is 9.47 Å². The van der Waals surface area contributed by atoms with E-state index in [1.807, 2.05) is 6.92 Å². The fourth-order valence-corrected chi connectivity index (χ4v) is 2.81. The van der Waals surface area contributed by atoms with Crippen LogP contribution in [0, 0.1) is 0 Å². The van der Waals surface area contributed by atoms with Gasteiger partial charge in [0, 0.05) is 17.6 Å². The monoisotopic (exact) mass is 385 g/mol. The summed E-state index contributed by atoms with van der Waals surface area (Å²) in [6.07, 6.45) is -0.646. The molecule has 1 aromatic rings. The van der Waals surface area contributed by atoms with E-state index in [9.17, 15) is 5.11 Å². The van der Waals surface area contributed by atoms with Gasteiger partial charge in [-0.15, -0.1) is 0 Å². The summed E-state index contributed by atoms with van der Waals surface area (Å²) in [6.45, 7) is 4.10. The lowest BCUT2D eigenvalue weighted by Gasteiger charge is -2.15. The third kappa shape index (κ3) is 6.61. The van der Waals surface area contributed by atoms with Crippen molar-refractivity contribution in [3.63, 3.8) is 0 Å². The van der Waals surface area contributed by atoms with Gasteiger partial charge in [-0.05, 0) is 19.1 Å². The molecule has 0 aliphatic carbocycles. The molecule has 0 saturated heterocycles. The minimum atomic E-state index is -0.646. The summed E-state index contributed by atoms with van der Waals surface area (Å²) < 4.78 is 11.2. The van der Waals surface area contributed by atoms with Crippen molar-refractivity contribution in [3.8, 4) is 0 Å². The van der Waals surface area contributed by atoms with Crippen LogP contribution in [0.3, 0.4) is 0 Å². The first-order valence-electron chi connectivity index (χ1n) is 6.26. The Balaban J connectivity index is 2.32. The van der Waals surface area contributed by atoms with Crippen molar-refractivity contribution < 1.29 is 14.6 Å². The zero-order valence-corrected chi connectivity index (χ0v) is 14.3. The Morgan fingerprint density at radius 3 is 2.45 bits per heavy atom. The fraction of sp³-hybridized carbons (Fsp3) is 0.538.